The molecule has 0 aliphatic rings. The highest BCUT2D eigenvalue weighted by molar-refractivity contribution is 9.10. The molecule has 0 saturated carbocycles. The Kier molecular flexibility index (Phi) is 4.47. The predicted octanol–water partition coefficient (Wildman–Crippen LogP) is 2.68. The Morgan fingerprint density at radius 3 is 2.87 bits per heavy atom. The van der Waals surface area contributed by atoms with Crippen LogP contribution < -0.4 is 5.73 Å². The molecule has 0 aliphatic heterocycles. The standard InChI is InChI=1S/C10H12BrNO2S/c1-6(10(13)14-2)15-9-5-7(11)3-4-8(9)12/h3-6H,12H2,1-2H3. The average Bonchev–Trinajstić information content (AvgIpc) is 2.22. The molecule has 5 heteroatoms. The fraction of sp³-hybridized carbons (Fsp3) is 0.300. The summed E-state index contributed by atoms with van der Waals surface area (Å²) in [6, 6.07) is 5.55. The van der Waals surface area contributed by atoms with Gasteiger partial charge in [-0.2, -0.15) is 0 Å². The van der Waals surface area contributed by atoms with Gasteiger partial charge in [0.15, 0.2) is 0 Å². The second-order valence-corrected chi connectivity index (χ2v) is 5.26. The molecule has 0 radical (unpaired) electrons. The number of rotatable bonds is 3. The van der Waals surface area contributed by atoms with E-state index in [1.807, 2.05) is 12.1 Å². The maximum Gasteiger partial charge on any atom is 0.318 e. The van der Waals surface area contributed by atoms with Crippen LogP contribution in [0.15, 0.2) is 27.6 Å². The van der Waals surface area contributed by atoms with Crippen LogP contribution >= 0.6 is 27.7 Å². The van der Waals surface area contributed by atoms with Crippen LogP contribution in [-0.4, -0.2) is 18.3 Å². The van der Waals surface area contributed by atoms with Gasteiger partial charge in [0, 0.05) is 15.1 Å². The third-order valence-corrected chi connectivity index (χ3v) is 3.46. The van der Waals surface area contributed by atoms with E-state index in [0.717, 1.165) is 9.37 Å². The number of benzene rings is 1. The third-order valence-electron chi connectivity index (χ3n) is 1.81. The quantitative estimate of drug-likeness (QED) is 0.528. The number of nitrogen functional groups attached to an aromatic ring is 1. The Morgan fingerprint density at radius 1 is 1.60 bits per heavy atom. The Hall–Kier alpha value is -0.680. The van der Waals surface area contributed by atoms with Gasteiger partial charge in [-0.1, -0.05) is 15.9 Å². The number of hydrogen-bond donors (Lipinski definition) is 1. The molecule has 15 heavy (non-hydrogen) atoms. The van der Waals surface area contributed by atoms with Gasteiger partial charge >= 0.3 is 5.97 Å². The molecule has 1 unspecified atom stereocenters. The lowest BCUT2D eigenvalue weighted by molar-refractivity contribution is -0.139. The summed E-state index contributed by atoms with van der Waals surface area (Å²) in [5.41, 5.74) is 6.45. The molecule has 0 spiro atoms. The highest BCUT2D eigenvalue weighted by Crippen LogP contribution is 2.31. The summed E-state index contributed by atoms with van der Waals surface area (Å²) in [5, 5.41) is -0.258. The van der Waals surface area contributed by atoms with E-state index < -0.39 is 0 Å². The molecule has 0 aromatic heterocycles. The highest BCUT2D eigenvalue weighted by atomic mass is 79.9. The number of halogens is 1. The molecule has 2 N–H and O–H groups in total. The number of carbonyl (C=O) groups is 1. The molecule has 1 aromatic carbocycles. The first-order chi connectivity index (χ1) is 7.04. The number of nitrogens with two attached hydrogens (primary N) is 1. The van der Waals surface area contributed by atoms with Crippen molar-refractivity contribution >= 4 is 39.3 Å². The van der Waals surface area contributed by atoms with Gasteiger partial charge in [-0.3, -0.25) is 4.79 Å². The van der Waals surface area contributed by atoms with E-state index in [-0.39, 0.29) is 11.2 Å². The van der Waals surface area contributed by atoms with E-state index in [1.54, 1.807) is 13.0 Å². The topological polar surface area (TPSA) is 52.3 Å². The van der Waals surface area contributed by atoms with Crippen molar-refractivity contribution in [2.24, 2.45) is 0 Å². The van der Waals surface area contributed by atoms with Crippen LogP contribution in [-0.2, 0) is 9.53 Å². The monoisotopic (exact) mass is 289 g/mol. The van der Waals surface area contributed by atoms with E-state index in [4.69, 9.17) is 5.73 Å². The van der Waals surface area contributed by atoms with E-state index in [1.165, 1.54) is 18.9 Å². The maximum absolute atomic E-state index is 11.2. The maximum atomic E-state index is 11.2. The minimum atomic E-state index is -0.258. The number of ether oxygens (including phenoxy) is 1. The third kappa shape index (κ3) is 3.43. The summed E-state index contributed by atoms with van der Waals surface area (Å²) in [6.45, 7) is 1.79. The van der Waals surface area contributed by atoms with Crippen molar-refractivity contribution in [3.63, 3.8) is 0 Å². The van der Waals surface area contributed by atoms with Gasteiger partial charge in [0.1, 0.15) is 5.25 Å². The first kappa shape index (κ1) is 12.4. The average molecular weight is 290 g/mol. The number of thioether (sulfide) groups is 1. The fourth-order valence-electron chi connectivity index (χ4n) is 1.01. The summed E-state index contributed by atoms with van der Waals surface area (Å²) >= 11 is 4.74. The van der Waals surface area contributed by atoms with E-state index in [9.17, 15) is 4.79 Å². The number of esters is 1. The first-order valence-corrected chi connectivity index (χ1v) is 6.01. The summed E-state index contributed by atoms with van der Waals surface area (Å²) in [4.78, 5) is 12.1. The molecule has 0 aliphatic carbocycles. The van der Waals surface area contributed by atoms with Crippen molar-refractivity contribution in [1.82, 2.24) is 0 Å². The molecular formula is C10H12BrNO2S. The van der Waals surface area contributed by atoms with Crippen LogP contribution in [0.25, 0.3) is 0 Å². The second kappa shape index (κ2) is 5.42. The normalized spacial score (nSPS) is 12.2. The number of anilines is 1. The van der Waals surface area contributed by atoms with E-state index >= 15 is 0 Å². The van der Waals surface area contributed by atoms with E-state index in [2.05, 4.69) is 20.7 Å². The molecule has 1 aromatic rings. The van der Waals surface area contributed by atoms with Crippen LogP contribution in [0.3, 0.4) is 0 Å². The van der Waals surface area contributed by atoms with Crippen molar-refractivity contribution in [2.75, 3.05) is 12.8 Å². The van der Waals surface area contributed by atoms with Gasteiger partial charge in [-0.05, 0) is 25.1 Å². The molecule has 1 atom stereocenters. The van der Waals surface area contributed by atoms with Crippen molar-refractivity contribution < 1.29 is 9.53 Å². The van der Waals surface area contributed by atoms with Crippen LogP contribution in [0.2, 0.25) is 0 Å². The lowest BCUT2D eigenvalue weighted by Gasteiger charge is -2.10. The minimum absolute atomic E-state index is 0.251. The van der Waals surface area contributed by atoms with Crippen molar-refractivity contribution in [2.45, 2.75) is 17.1 Å². The Labute approximate surface area is 101 Å². The molecule has 82 valence electrons. The molecule has 0 fully saturated rings. The molecule has 0 bridgehead atoms. The summed E-state index contributed by atoms with van der Waals surface area (Å²) in [6.07, 6.45) is 0. The molecule has 0 saturated heterocycles. The van der Waals surface area contributed by atoms with Crippen LogP contribution in [0, 0.1) is 0 Å². The number of hydrogen-bond acceptors (Lipinski definition) is 4. The van der Waals surface area contributed by atoms with Crippen LogP contribution in [0.4, 0.5) is 5.69 Å². The Balaban J connectivity index is 2.80. The molecular weight excluding hydrogens is 278 g/mol. The van der Waals surface area contributed by atoms with E-state index in [0.29, 0.717) is 5.69 Å². The lowest BCUT2D eigenvalue weighted by atomic mass is 10.3. The van der Waals surface area contributed by atoms with Gasteiger partial charge in [-0.25, -0.2) is 0 Å². The van der Waals surface area contributed by atoms with Gasteiger partial charge < -0.3 is 10.5 Å². The fourth-order valence-corrected chi connectivity index (χ4v) is 2.50. The zero-order valence-electron chi connectivity index (χ0n) is 8.49. The zero-order valence-corrected chi connectivity index (χ0v) is 10.9. The van der Waals surface area contributed by atoms with Crippen LogP contribution in [0.1, 0.15) is 6.92 Å². The zero-order chi connectivity index (χ0) is 11.4. The minimum Gasteiger partial charge on any atom is -0.468 e. The highest BCUT2D eigenvalue weighted by Gasteiger charge is 2.15. The van der Waals surface area contributed by atoms with Crippen LogP contribution in [0.5, 0.6) is 0 Å². The van der Waals surface area contributed by atoms with Gasteiger partial charge in [-0.15, -0.1) is 11.8 Å². The first-order valence-electron chi connectivity index (χ1n) is 4.34. The summed E-state index contributed by atoms with van der Waals surface area (Å²) in [5.74, 6) is -0.251. The summed E-state index contributed by atoms with van der Waals surface area (Å²) < 4.78 is 5.58. The second-order valence-electron chi connectivity index (χ2n) is 2.97. The SMILES string of the molecule is COC(=O)C(C)Sc1cc(Br)ccc1N. The van der Waals surface area contributed by atoms with Gasteiger partial charge in [0.05, 0.1) is 7.11 Å². The number of carbonyl (C=O) groups excluding carboxylic acids is 1. The Bertz CT molecular complexity index is 370. The molecule has 0 heterocycles. The molecule has 0 amide bonds. The predicted molar refractivity (Wildman–Crippen MR) is 65.9 cm³/mol. The smallest absolute Gasteiger partial charge is 0.318 e. The lowest BCUT2D eigenvalue weighted by Crippen LogP contribution is -2.14. The van der Waals surface area contributed by atoms with Crippen molar-refractivity contribution in [1.29, 1.82) is 0 Å². The van der Waals surface area contributed by atoms with Gasteiger partial charge in [0.2, 0.25) is 0 Å². The van der Waals surface area contributed by atoms with Crippen molar-refractivity contribution in [3.05, 3.63) is 22.7 Å². The molecule has 3 nitrogen and oxygen atoms in total. The molecule has 1 rings (SSSR count). The Morgan fingerprint density at radius 2 is 2.27 bits per heavy atom. The van der Waals surface area contributed by atoms with Gasteiger partial charge in [0.25, 0.3) is 0 Å². The summed E-state index contributed by atoms with van der Waals surface area (Å²) in [7, 11) is 1.38. The number of methoxy groups -OCH3 is 1. The van der Waals surface area contributed by atoms with Crippen molar-refractivity contribution in [3.8, 4) is 0 Å². The largest absolute Gasteiger partial charge is 0.468 e.